The molecule has 0 aliphatic heterocycles. The van der Waals surface area contributed by atoms with Crippen molar-refractivity contribution in [1.82, 2.24) is 0 Å². The lowest BCUT2D eigenvalue weighted by atomic mass is 10.2. The van der Waals surface area contributed by atoms with Crippen molar-refractivity contribution in [2.75, 3.05) is 7.05 Å². The van der Waals surface area contributed by atoms with Crippen LogP contribution < -0.4 is 5.06 Å². The van der Waals surface area contributed by atoms with Crippen LogP contribution in [-0.2, 0) is 0 Å². The molecule has 0 aliphatic carbocycles. The average Bonchev–Trinajstić information content (AvgIpc) is 2.04. The van der Waals surface area contributed by atoms with Gasteiger partial charge in [-0.15, -0.1) is 4.91 Å². The quantitative estimate of drug-likeness (QED) is 0.496. The second-order valence-electron chi connectivity index (χ2n) is 2.35. The Bertz CT molecular complexity index is 299. The predicted octanol–water partition coefficient (Wildman–Crippen LogP) is 0.434. The average molecular weight is 168 g/mol. The van der Waals surface area contributed by atoms with Gasteiger partial charge < -0.3 is 15.4 Å². The smallest absolute Gasteiger partial charge is 0.150 e. The largest absolute Gasteiger partial charge is 0.629 e. The Labute approximate surface area is 68.8 Å². The van der Waals surface area contributed by atoms with Crippen LogP contribution in [-0.4, -0.2) is 12.2 Å². The van der Waals surface area contributed by atoms with E-state index in [1.165, 1.54) is 25.2 Å². The zero-order chi connectivity index (χ0) is 9.14. The maximum absolute atomic E-state index is 10.8. The Balaban J connectivity index is 3.10. The van der Waals surface area contributed by atoms with Crippen LogP contribution in [0.1, 0.15) is 0 Å². The summed E-state index contributed by atoms with van der Waals surface area (Å²) in [6.45, 7) is 0. The number of aromatic hydroxyl groups is 1. The van der Waals surface area contributed by atoms with Crippen molar-refractivity contribution in [1.29, 1.82) is 0 Å². The number of hydrogen-bond donors (Lipinski definition) is 2. The summed E-state index contributed by atoms with van der Waals surface area (Å²) in [5, 5.41) is 22.3. The Hall–Kier alpha value is -1.46. The van der Waals surface area contributed by atoms with Crippen LogP contribution in [0.3, 0.4) is 0 Å². The summed E-state index contributed by atoms with van der Waals surface area (Å²) in [6.07, 6.45) is 0. The number of quaternary nitrogens is 1. The van der Waals surface area contributed by atoms with Crippen molar-refractivity contribution in [2.24, 2.45) is 5.18 Å². The highest BCUT2D eigenvalue weighted by atomic mass is 16.5. The van der Waals surface area contributed by atoms with Gasteiger partial charge in [-0.25, -0.2) is 0 Å². The summed E-state index contributed by atoms with van der Waals surface area (Å²) in [5.74, 6) is -0.266. The number of rotatable bonds is 2. The fraction of sp³-hybridized carbons (Fsp3) is 0.143. The summed E-state index contributed by atoms with van der Waals surface area (Å²) >= 11 is 0. The van der Waals surface area contributed by atoms with Gasteiger partial charge in [-0.1, -0.05) is 0 Å². The van der Waals surface area contributed by atoms with Gasteiger partial charge in [0.1, 0.15) is 11.4 Å². The topological polar surface area (TPSA) is 77.2 Å². The molecule has 5 nitrogen and oxygen atoms in total. The lowest BCUT2D eigenvalue weighted by Gasteiger charge is -2.15. The van der Waals surface area contributed by atoms with Crippen LogP contribution in [0.5, 0.6) is 5.75 Å². The standard InChI is InChI=1S/C7H8N2O3/c1-9(12)5-2-3-6(8-11)7(10)4-5/h2-4,9-10H,1H3. The van der Waals surface area contributed by atoms with Gasteiger partial charge in [0.15, 0.2) is 5.75 Å². The molecule has 2 N–H and O–H groups in total. The molecule has 0 radical (unpaired) electrons. The first-order valence-electron chi connectivity index (χ1n) is 3.32. The highest BCUT2D eigenvalue weighted by molar-refractivity contribution is 5.55. The molecule has 0 saturated carbocycles. The van der Waals surface area contributed by atoms with Crippen molar-refractivity contribution >= 4 is 11.4 Å². The van der Waals surface area contributed by atoms with Crippen LogP contribution in [0.4, 0.5) is 11.4 Å². The van der Waals surface area contributed by atoms with Crippen molar-refractivity contribution in [2.45, 2.75) is 0 Å². The van der Waals surface area contributed by atoms with E-state index in [2.05, 4.69) is 5.18 Å². The van der Waals surface area contributed by atoms with E-state index in [9.17, 15) is 10.1 Å². The third-order valence-electron chi connectivity index (χ3n) is 1.48. The van der Waals surface area contributed by atoms with Crippen molar-refractivity contribution in [3.8, 4) is 5.75 Å². The first-order chi connectivity index (χ1) is 5.65. The third kappa shape index (κ3) is 1.58. The van der Waals surface area contributed by atoms with Gasteiger partial charge in [-0.05, 0) is 11.2 Å². The van der Waals surface area contributed by atoms with Gasteiger partial charge in [0.25, 0.3) is 0 Å². The van der Waals surface area contributed by atoms with E-state index in [0.717, 1.165) is 0 Å². The second-order valence-corrected chi connectivity index (χ2v) is 2.35. The molecule has 0 heterocycles. The van der Waals surface area contributed by atoms with Gasteiger partial charge in [-0.3, -0.25) is 0 Å². The maximum atomic E-state index is 10.8. The zero-order valence-corrected chi connectivity index (χ0v) is 6.44. The number of nitrogens with zero attached hydrogens (tertiary/aromatic N) is 1. The number of benzene rings is 1. The fourth-order valence-corrected chi connectivity index (χ4v) is 0.820. The lowest BCUT2D eigenvalue weighted by Crippen LogP contribution is -2.98. The number of phenolic OH excluding ortho intramolecular Hbond substituents is 1. The third-order valence-corrected chi connectivity index (χ3v) is 1.48. The van der Waals surface area contributed by atoms with E-state index in [4.69, 9.17) is 5.11 Å². The van der Waals surface area contributed by atoms with Gasteiger partial charge in [-0.2, -0.15) is 0 Å². The molecule has 0 spiro atoms. The predicted molar refractivity (Wildman–Crippen MR) is 43.5 cm³/mol. The van der Waals surface area contributed by atoms with E-state index >= 15 is 0 Å². The SMILES string of the molecule is C[NH+]([O-])c1ccc(N=O)c(O)c1. The molecule has 5 heteroatoms. The molecule has 0 aromatic heterocycles. The number of hydroxylamine groups is 1. The van der Waals surface area contributed by atoms with Gasteiger partial charge >= 0.3 is 0 Å². The molecule has 64 valence electrons. The Kier molecular flexibility index (Phi) is 2.37. The first kappa shape index (κ1) is 8.63. The minimum absolute atomic E-state index is 0.0556. The highest BCUT2D eigenvalue weighted by Gasteiger charge is 2.04. The van der Waals surface area contributed by atoms with Crippen LogP contribution in [0, 0.1) is 10.1 Å². The Morgan fingerprint density at radius 3 is 2.67 bits per heavy atom. The monoisotopic (exact) mass is 168 g/mol. The molecule has 1 atom stereocenters. The number of nitrogens with one attached hydrogen (secondary N) is 1. The molecule has 0 saturated heterocycles. The van der Waals surface area contributed by atoms with Gasteiger partial charge in [0.05, 0.1) is 7.05 Å². The molecule has 1 rings (SSSR count). The van der Waals surface area contributed by atoms with Gasteiger partial charge in [0, 0.05) is 12.1 Å². The van der Waals surface area contributed by atoms with E-state index in [1.807, 2.05) is 0 Å². The minimum Gasteiger partial charge on any atom is -0.629 e. The van der Waals surface area contributed by atoms with E-state index < -0.39 is 0 Å². The van der Waals surface area contributed by atoms with Gasteiger partial charge in [0.2, 0.25) is 0 Å². The van der Waals surface area contributed by atoms with E-state index in [0.29, 0.717) is 5.69 Å². The fourth-order valence-electron chi connectivity index (χ4n) is 0.820. The summed E-state index contributed by atoms with van der Waals surface area (Å²) < 4.78 is 0. The molecule has 12 heavy (non-hydrogen) atoms. The number of phenols is 1. The summed E-state index contributed by atoms with van der Waals surface area (Å²) in [7, 11) is 1.38. The zero-order valence-electron chi connectivity index (χ0n) is 6.44. The first-order valence-corrected chi connectivity index (χ1v) is 3.32. The van der Waals surface area contributed by atoms with E-state index in [-0.39, 0.29) is 16.5 Å². The van der Waals surface area contributed by atoms with Crippen molar-refractivity contribution < 1.29 is 10.2 Å². The lowest BCUT2D eigenvalue weighted by molar-refractivity contribution is -0.751. The van der Waals surface area contributed by atoms with Crippen LogP contribution in [0.15, 0.2) is 23.4 Å². The normalized spacial score (nSPS) is 12.5. The van der Waals surface area contributed by atoms with Crippen molar-refractivity contribution in [3.63, 3.8) is 0 Å². The number of hydrogen-bond acceptors (Lipinski definition) is 4. The Morgan fingerprint density at radius 1 is 1.58 bits per heavy atom. The summed E-state index contributed by atoms with van der Waals surface area (Å²) in [4.78, 5) is 10.0. The highest BCUT2D eigenvalue weighted by Crippen LogP contribution is 2.27. The maximum Gasteiger partial charge on any atom is 0.150 e. The molecule has 0 amide bonds. The Morgan fingerprint density at radius 2 is 2.25 bits per heavy atom. The molecule has 1 aromatic carbocycles. The summed E-state index contributed by atoms with van der Waals surface area (Å²) in [5.41, 5.74) is 0.305. The van der Waals surface area contributed by atoms with Crippen LogP contribution in [0.2, 0.25) is 0 Å². The van der Waals surface area contributed by atoms with Crippen LogP contribution >= 0.6 is 0 Å². The molecular weight excluding hydrogens is 160 g/mol. The molecule has 0 aliphatic rings. The molecule has 1 aromatic rings. The molecule has 0 bridgehead atoms. The number of nitroso groups, excluding NO2 is 1. The molecule has 1 unspecified atom stereocenters. The van der Waals surface area contributed by atoms with Crippen molar-refractivity contribution in [3.05, 3.63) is 28.3 Å². The molecular formula is C7H8N2O3. The summed E-state index contributed by atoms with van der Waals surface area (Å²) in [6, 6.07) is 3.97. The second kappa shape index (κ2) is 3.29. The van der Waals surface area contributed by atoms with Crippen LogP contribution in [0.25, 0.3) is 0 Å². The van der Waals surface area contributed by atoms with E-state index in [1.54, 1.807) is 0 Å². The molecule has 0 fully saturated rings. The minimum atomic E-state index is -0.266.